The molecule has 32 heavy (non-hydrogen) atoms. The minimum atomic E-state index is 0.629. The lowest BCUT2D eigenvalue weighted by atomic mass is 9.88. The second-order valence-corrected chi connectivity index (χ2v) is 10.1. The molecule has 0 spiro atoms. The van der Waals surface area contributed by atoms with Gasteiger partial charge in [-0.3, -0.25) is 4.79 Å². The average Bonchev–Trinajstić information content (AvgIpc) is 3.13. The molecule has 0 aliphatic carbocycles. The van der Waals surface area contributed by atoms with Crippen LogP contribution >= 0.6 is 15.9 Å². The maximum atomic E-state index is 12.2. The molecule has 1 aromatic heterocycles. The van der Waals surface area contributed by atoms with Gasteiger partial charge < -0.3 is 4.57 Å². The van der Waals surface area contributed by atoms with E-state index in [1.165, 1.54) is 74.4 Å². The molecular formula is C29H26BrNO. The van der Waals surface area contributed by atoms with Crippen molar-refractivity contribution in [2.45, 2.75) is 46.1 Å². The maximum Gasteiger partial charge on any atom is 0.150 e. The third kappa shape index (κ3) is 2.61. The van der Waals surface area contributed by atoms with Crippen LogP contribution in [0.4, 0.5) is 0 Å². The minimum absolute atomic E-state index is 0.629. The summed E-state index contributed by atoms with van der Waals surface area (Å²) in [6.45, 7) is 5.56. The summed E-state index contributed by atoms with van der Waals surface area (Å²) < 4.78 is 3.64. The van der Waals surface area contributed by atoms with Crippen molar-refractivity contribution >= 4 is 76.3 Å². The van der Waals surface area contributed by atoms with Gasteiger partial charge in [-0.2, -0.15) is 0 Å². The standard InChI is InChI=1S/C29H26BrNO/c1-3-5-8-17(4-2)15-31-24-13-18(16-32)19-9-6-10-20-21-11-7-12-22-23(30)14-25(31)29(27(21)22)28(24)26(19)20/h6-7,9-14,16-17H,3-5,8,15H2,1-2H3. The Kier molecular flexibility index (Phi) is 4.65. The SMILES string of the molecule is CCCCC(CC)Cn1c2cc(Br)c3cccc4c5cccc6c(C=O)cc1c(c65)c2c34. The number of aldehydes is 1. The van der Waals surface area contributed by atoms with Gasteiger partial charge >= 0.3 is 0 Å². The third-order valence-corrected chi connectivity index (χ3v) is 8.15. The molecule has 0 saturated carbocycles. The van der Waals surface area contributed by atoms with E-state index in [9.17, 15) is 4.79 Å². The largest absolute Gasteiger partial charge is 0.340 e. The number of rotatable bonds is 7. The molecule has 1 heterocycles. The number of hydrogen-bond acceptors (Lipinski definition) is 1. The zero-order valence-electron chi connectivity index (χ0n) is 18.5. The first-order valence-electron chi connectivity index (χ1n) is 11.8. The van der Waals surface area contributed by atoms with Crippen LogP contribution in [-0.2, 0) is 6.54 Å². The van der Waals surface area contributed by atoms with Crippen LogP contribution in [0.1, 0.15) is 49.9 Å². The average molecular weight is 484 g/mol. The highest BCUT2D eigenvalue weighted by Crippen LogP contribution is 2.48. The molecule has 0 N–H and O–H groups in total. The maximum absolute atomic E-state index is 12.2. The second-order valence-electron chi connectivity index (χ2n) is 9.21. The van der Waals surface area contributed by atoms with E-state index in [1.54, 1.807) is 0 Å². The first-order chi connectivity index (χ1) is 15.7. The molecule has 0 amide bonds. The summed E-state index contributed by atoms with van der Waals surface area (Å²) in [5, 5.41) is 10.1. The Labute approximate surface area is 196 Å². The van der Waals surface area contributed by atoms with Crippen LogP contribution in [0.15, 0.2) is 53.0 Å². The highest BCUT2D eigenvalue weighted by Gasteiger charge is 2.24. The van der Waals surface area contributed by atoms with Crippen LogP contribution < -0.4 is 0 Å². The van der Waals surface area contributed by atoms with Gasteiger partial charge in [0.1, 0.15) is 0 Å². The fourth-order valence-corrected chi connectivity index (χ4v) is 6.43. The normalized spacial score (nSPS) is 13.5. The lowest BCUT2D eigenvalue weighted by molar-refractivity contribution is 0.112. The number of benzene rings is 5. The third-order valence-electron chi connectivity index (χ3n) is 7.50. The quantitative estimate of drug-likeness (QED) is 0.126. The summed E-state index contributed by atoms with van der Waals surface area (Å²) in [4.78, 5) is 12.2. The Morgan fingerprint density at radius 3 is 2.16 bits per heavy atom. The molecule has 160 valence electrons. The van der Waals surface area contributed by atoms with Gasteiger partial charge in [0, 0.05) is 38.1 Å². The fraction of sp³-hybridized carbons (Fsp3) is 0.276. The van der Waals surface area contributed by atoms with Crippen molar-refractivity contribution in [1.29, 1.82) is 0 Å². The molecule has 1 atom stereocenters. The van der Waals surface area contributed by atoms with Crippen LogP contribution in [0.2, 0.25) is 0 Å². The lowest BCUT2D eigenvalue weighted by Crippen LogP contribution is -2.10. The molecule has 2 nitrogen and oxygen atoms in total. The minimum Gasteiger partial charge on any atom is -0.340 e. The van der Waals surface area contributed by atoms with Gasteiger partial charge in [-0.25, -0.2) is 0 Å². The van der Waals surface area contributed by atoms with Crippen LogP contribution in [0.25, 0.3) is 54.1 Å². The monoisotopic (exact) mass is 483 g/mol. The first kappa shape index (κ1) is 20.0. The fourth-order valence-electron chi connectivity index (χ4n) is 5.89. The Morgan fingerprint density at radius 1 is 0.875 bits per heavy atom. The van der Waals surface area contributed by atoms with Crippen LogP contribution in [0, 0.1) is 5.92 Å². The molecule has 0 aliphatic heterocycles. The zero-order chi connectivity index (χ0) is 22.0. The van der Waals surface area contributed by atoms with Crippen molar-refractivity contribution in [2.75, 3.05) is 0 Å². The van der Waals surface area contributed by atoms with Crippen molar-refractivity contribution in [1.82, 2.24) is 4.57 Å². The van der Waals surface area contributed by atoms with Gasteiger partial charge in [-0.05, 0) is 46.0 Å². The highest BCUT2D eigenvalue weighted by atomic mass is 79.9. The smallest absolute Gasteiger partial charge is 0.150 e. The predicted molar refractivity (Wildman–Crippen MR) is 141 cm³/mol. The first-order valence-corrected chi connectivity index (χ1v) is 12.6. The molecule has 0 aliphatic rings. The summed E-state index contributed by atoms with van der Waals surface area (Å²) in [5.41, 5.74) is 3.27. The van der Waals surface area contributed by atoms with E-state index in [2.05, 4.69) is 82.9 Å². The predicted octanol–water partition coefficient (Wildman–Crippen LogP) is 8.92. The number of hydrogen-bond donors (Lipinski definition) is 0. The Balaban J connectivity index is 1.83. The molecule has 3 heteroatoms. The molecule has 0 bridgehead atoms. The second kappa shape index (κ2) is 7.45. The molecule has 0 radical (unpaired) electrons. The van der Waals surface area contributed by atoms with E-state index in [0.29, 0.717) is 5.92 Å². The van der Waals surface area contributed by atoms with Crippen LogP contribution in [-0.4, -0.2) is 10.9 Å². The molecule has 6 rings (SSSR count). The van der Waals surface area contributed by atoms with E-state index in [1.807, 2.05) is 0 Å². The van der Waals surface area contributed by atoms with Crippen molar-refractivity contribution in [3.05, 3.63) is 58.6 Å². The number of halogens is 1. The van der Waals surface area contributed by atoms with E-state index >= 15 is 0 Å². The summed E-state index contributed by atoms with van der Waals surface area (Å²) in [6.07, 6.45) is 5.93. The number of unbranched alkanes of at least 4 members (excludes halogenated alkanes) is 1. The summed E-state index contributed by atoms with van der Waals surface area (Å²) >= 11 is 3.89. The van der Waals surface area contributed by atoms with Gasteiger partial charge in [0.15, 0.2) is 6.29 Å². The topological polar surface area (TPSA) is 22.0 Å². The summed E-state index contributed by atoms with van der Waals surface area (Å²) in [7, 11) is 0. The van der Waals surface area contributed by atoms with Gasteiger partial charge in [-0.1, -0.05) is 85.4 Å². The number of aromatic nitrogens is 1. The van der Waals surface area contributed by atoms with Gasteiger partial charge in [0.2, 0.25) is 0 Å². The Hall–Kier alpha value is -2.65. The van der Waals surface area contributed by atoms with E-state index in [-0.39, 0.29) is 0 Å². The van der Waals surface area contributed by atoms with Crippen molar-refractivity contribution in [3.63, 3.8) is 0 Å². The highest BCUT2D eigenvalue weighted by molar-refractivity contribution is 9.10. The Bertz CT molecular complexity index is 1610. The molecule has 6 aromatic rings. The molecule has 5 aromatic carbocycles. The van der Waals surface area contributed by atoms with E-state index < -0.39 is 0 Å². The van der Waals surface area contributed by atoms with Crippen molar-refractivity contribution in [3.8, 4) is 0 Å². The number of nitrogens with zero attached hydrogens (tertiary/aromatic N) is 1. The van der Waals surface area contributed by atoms with E-state index in [4.69, 9.17) is 0 Å². The number of carbonyl (C=O) groups excluding carboxylic acids is 1. The lowest BCUT2D eigenvalue weighted by Gasteiger charge is -2.18. The van der Waals surface area contributed by atoms with Gasteiger partial charge in [-0.15, -0.1) is 0 Å². The van der Waals surface area contributed by atoms with Gasteiger partial charge in [0.05, 0.1) is 11.0 Å². The summed E-state index contributed by atoms with van der Waals surface area (Å²) in [6, 6.07) is 17.4. The van der Waals surface area contributed by atoms with Crippen molar-refractivity contribution in [2.24, 2.45) is 5.92 Å². The molecular weight excluding hydrogens is 458 g/mol. The van der Waals surface area contributed by atoms with Gasteiger partial charge in [0.25, 0.3) is 0 Å². The van der Waals surface area contributed by atoms with Crippen molar-refractivity contribution < 1.29 is 4.79 Å². The molecule has 0 saturated heterocycles. The number of carbonyl (C=O) groups is 1. The molecule has 1 unspecified atom stereocenters. The summed E-state index contributed by atoms with van der Waals surface area (Å²) in [5.74, 6) is 0.629. The van der Waals surface area contributed by atoms with Crippen LogP contribution in [0.3, 0.4) is 0 Å². The Morgan fingerprint density at radius 2 is 1.50 bits per heavy atom. The van der Waals surface area contributed by atoms with Crippen LogP contribution in [0.5, 0.6) is 0 Å². The zero-order valence-corrected chi connectivity index (χ0v) is 20.1. The van der Waals surface area contributed by atoms with E-state index in [0.717, 1.165) is 28.3 Å². The molecule has 0 fully saturated rings. The number of fused-ring (bicyclic) bond motifs is 1.